The van der Waals surface area contributed by atoms with Crippen molar-refractivity contribution in [2.45, 2.75) is 13.0 Å². The van der Waals surface area contributed by atoms with Gasteiger partial charge in [0.15, 0.2) is 0 Å². The van der Waals surface area contributed by atoms with Crippen molar-refractivity contribution >= 4 is 17.5 Å². The molecule has 0 saturated carbocycles. The van der Waals surface area contributed by atoms with E-state index in [1.807, 2.05) is 0 Å². The number of anilines is 1. The zero-order valence-corrected chi connectivity index (χ0v) is 14.9. The Morgan fingerprint density at radius 1 is 1.00 bits per heavy atom. The second-order valence-corrected chi connectivity index (χ2v) is 5.90. The van der Waals surface area contributed by atoms with Crippen LogP contribution in [0.2, 0.25) is 0 Å². The summed E-state index contributed by atoms with van der Waals surface area (Å²) in [6.45, 7) is -0.229. The average molecular weight is 384 g/mol. The molecule has 0 aliphatic heterocycles. The summed E-state index contributed by atoms with van der Waals surface area (Å²) in [5.74, 6) is -0.983. The summed E-state index contributed by atoms with van der Waals surface area (Å²) >= 11 is 0. The van der Waals surface area contributed by atoms with Gasteiger partial charge in [-0.3, -0.25) is 9.59 Å². The molecule has 0 saturated heterocycles. The second-order valence-electron chi connectivity index (χ2n) is 5.90. The largest absolute Gasteiger partial charge is 0.368 e. The third kappa shape index (κ3) is 4.47. The zero-order valence-electron chi connectivity index (χ0n) is 14.9. The number of rotatable bonds is 6. The molecule has 2 N–H and O–H groups in total. The Hall–Kier alpha value is -3.82. The molecule has 0 fully saturated rings. The highest BCUT2D eigenvalue weighted by atomic mass is 19.1. The van der Waals surface area contributed by atoms with Crippen molar-refractivity contribution in [3.8, 4) is 5.69 Å². The topological polar surface area (TPSA) is 111 Å². The molecular weight excluding hydrogens is 367 g/mol. The van der Waals surface area contributed by atoms with Gasteiger partial charge in [-0.25, -0.2) is 9.18 Å². The number of aromatic nitrogens is 4. The molecule has 0 bridgehead atoms. The van der Waals surface area contributed by atoms with Gasteiger partial charge in [0.2, 0.25) is 11.8 Å². The number of amides is 2. The number of nitrogens with one attached hydrogen (secondary N) is 2. The van der Waals surface area contributed by atoms with Crippen molar-refractivity contribution in [3.05, 3.63) is 70.4 Å². The Morgan fingerprint density at radius 2 is 1.68 bits per heavy atom. The maximum atomic E-state index is 12.9. The number of nitrogens with zero attached hydrogens (tertiary/aromatic N) is 4. The molecule has 144 valence electrons. The Balaban J connectivity index is 1.66. The minimum Gasteiger partial charge on any atom is -0.358 e. The third-order valence-electron chi connectivity index (χ3n) is 3.89. The van der Waals surface area contributed by atoms with Crippen LogP contribution in [0.4, 0.5) is 10.1 Å². The van der Waals surface area contributed by atoms with E-state index < -0.39 is 5.69 Å². The van der Waals surface area contributed by atoms with Crippen molar-refractivity contribution in [2.75, 3.05) is 12.4 Å². The van der Waals surface area contributed by atoms with Crippen molar-refractivity contribution in [1.82, 2.24) is 25.1 Å². The number of halogens is 1. The second kappa shape index (κ2) is 8.25. The van der Waals surface area contributed by atoms with E-state index in [0.717, 1.165) is 9.36 Å². The Kier molecular flexibility index (Phi) is 5.58. The van der Waals surface area contributed by atoms with Crippen LogP contribution in [0.15, 0.2) is 53.3 Å². The smallest absolute Gasteiger partial charge is 0.358 e. The molecule has 9 nitrogen and oxygen atoms in total. The zero-order chi connectivity index (χ0) is 20.1. The number of hydrogen-bond acceptors (Lipinski definition) is 5. The minimum atomic E-state index is -0.559. The fraction of sp³-hybridized carbons (Fsp3) is 0.167. The molecule has 0 radical (unpaired) electrons. The molecule has 10 heteroatoms. The van der Waals surface area contributed by atoms with Crippen LogP contribution < -0.4 is 16.3 Å². The highest BCUT2D eigenvalue weighted by Crippen LogP contribution is 2.12. The molecule has 2 aromatic carbocycles. The number of carbonyl (C=O) groups excluding carboxylic acids is 2. The van der Waals surface area contributed by atoms with Crippen LogP contribution in [0.5, 0.6) is 0 Å². The lowest BCUT2D eigenvalue weighted by Crippen LogP contribution is -2.31. The van der Waals surface area contributed by atoms with Crippen LogP contribution in [0.25, 0.3) is 5.69 Å². The lowest BCUT2D eigenvalue weighted by molar-refractivity contribution is -0.121. The summed E-state index contributed by atoms with van der Waals surface area (Å²) in [5, 5.41) is 12.5. The first-order valence-corrected chi connectivity index (χ1v) is 8.34. The summed E-state index contributed by atoms with van der Waals surface area (Å²) in [6.07, 6.45) is 0.106. The Bertz CT molecular complexity index is 1040. The highest BCUT2D eigenvalue weighted by molar-refractivity contribution is 5.92. The van der Waals surface area contributed by atoms with Gasteiger partial charge in [-0.15, -0.1) is 0 Å². The maximum absolute atomic E-state index is 12.9. The van der Waals surface area contributed by atoms with E-state index in [4.69, 9.17) is 0 Å². The lowest BCUT2D eigenvalue weighted by Gasteiger charge is -2.06. The molecule has 0 aliphatic rings. The number of hydrogen-bond donors (Lipinski definition) is 2. The van der Waals surface area contributed by atoms with Gasteiger partial charge in [0, 0.05) is 12.7 Å². The van der Waals surface area contributed by atoms with Crippen LogP contribution in [0.3, 0.4) is 0 Å². The van der Waals surface area contributed by atoms with Crippen molar-refractivity contribution in [3.63, 3.8) is 0 Å². The first-order valence-electron chi connectivity index (χ1n) is 8.34. The van der Waals surface area contributed by atoms with Gasteiger partial charge >= 0.3 is 5.69 Å². The number of carbonyl (C=O) groups is 2. The fourth-order valence-corrected chi connectivity index (χ4v) is 2.43. The molecule has 3 aromatic rings. The van der Waals surface area contributed by atoms with Crippen LogP contribution in [0, 0.1) is 5.82 Å². The maximum Gasteiger partial charge on any atom is 0.368 e. The lowest BCUT2D eigenvalue weighted by atomic mass is 10.1. The molecule has 0 spiro atoms. The molecule has 1 aromatic heterocycles. The number of benzene rings is 2. The summed E-state index contributed by atoms with van der Waals surface area (Å²) in [5.41, 5.74) is 1.10. The van der Waals surface area contributed by atoms with Crippen molar-refractivity contribution in [1.29, 1.82) is 0 Å². The van der Waals surface area contributed by atoms with Crippen LogP contribution in [0.1, 0.15) is 5.56 Å². The SMILES string of the molecule is CNC(=O)Cn1nnn(-c2ccc(NC(=O)Cc3ccc(F)cc3)cc2)c1=O. The van der Waals surface area contributed by atoms with E-state index in [0.29, 0.717) is 16.9 Å². The van der Waals surface area contributed by atoms with Gasteiger partial charge in [-0.1, -0.05) is 12.1 Å². The molecule has 0 aliphatic carbocycles. The molecule has 2 amide bonds. The van der Waals surface area contributed by atoms with Gasteiger partial charge in [0.1, 0.15) is 12.4 Å². The van der Waals surface area contributed by atoms with Gasteiger partial charge < -0.3 is 10.6 Å². The number of tetrazole rings is 1. The minimum absolute atomic E-state index is 0.106. The van der Waals surface area contributed by atoms with Crippen molar-refractivity contribution in [2.24, 2.45) is 0 Å². The predicted molar refractivity (Wildman–Crippen MR) is 98.4 cm³/mol. The first kappa shape index (κ1) is 19.0. The highest BCUT2D eigenvalue weighted by Gasteiger charge is 2.12. The molecule has 0 unspecified atom stereocenters. The third-order valence-corrected chi connectivity index (χ3v) is 3.89. The van der Waals surface area contributed by atoms with Crippen LogP contribution >= 0.6 is 0 Å². The summed E-state index contributed by atoms with van der Waals surface area (Å²) < 4.78 is 14.9. The Labute approximate surface area is 158 Å². The van der Waals surface area contributed by atoms with Crippen LogP contribution in [-0.4, -0.2) is 38.7 Å². The summed E-state index contributed by atoms with van der Waals surface area (Å²) in [4.78, 5) is 35.7. The monoisotopic (exact) mass is 384 g/mol. The van der Waals surface area contributed by atoms with Gasteiger partial charge in [0.25, 0.3) is 0 Å². The average Bonchev–Trinajstić information content (AvgIpc) is 3.04. The molecular formula is C18H17FN6O3. The first-order chi connectivity index (χ1) is 13.5. The summed E-state index contributed by atoms with van der Waals surface area (Å²) in [7, 11) is 1.46. The normalized spacial score (nSPS) is 10.5. The predicted octanol–water partition coefficient (Wildman–Crippen LogP) is 0.495. The standard InChI is InChI=1S/C18H17FN6O3/c1-20-17(27)11-24-18(28)25(23-22-24)15-8-6-14(7-9-15)21-16(26)10-12-2-4-13(19)5-3-12/h2-9H,10-11H2,1H3,(H,20,27)(H,21,26). The van der Waals surface area contributed by atoms with Gasteiger partial charge in [-0.2, -0.15) is 9.36 Å². The molecule has 0 atom stereocenters. The van der Waals surface area contributed by atoms with E-state index in [9.17, 15) is 18.8 Å². The van der Waals surface area contributed by atoms with E-state index in [2.05, 4.69) is 21.1 Å². The Morgan fingerprint density at radius 3 is 2.32 bits per heavy atom. The molecule has 1 heterocycles. The van der Waals surface area contributed by atoms with E-state index in [-0.39, 0.29) is 30.6 Å². The quantitative estimate of drug-likeness (QED) is 0.643. The molecule has 28 heavy (non-hydrogen) atoms. The van der Waals surface area contributed by atoms with Crippen molar-refractivity contribution < 1.29 is 14.0 Å². The van der Waals surface area contributed by atoms with E-state index in [1.54, 1.807) is 36.4 Å². The summed E-state index contributed by atoms with van der Waals surface area (Å²) in [6, 6.07) is 12.1. The van der Waals surface area contributed by atoms with Gasteiger partial charge in [0.05, 0.1) is 12.1 Å². The fourth-order valence-electron chi connectivity index (χ4n) is 2.43. The van der Waals surface area contributed by atoms with Crippen LogP contribution in [-0.2, 0) is 22.6 Å². The van der Waals surface area contributed by atoms with E-state index in [1.165, 1.54) is 19.2 Å². The number of likely N-dealkylation sites (N-methyl/N-ethyl adjacent to an activating group) is 1. The van der Waals surface area contributed by atoms with E-state index >= 15 is 0 Å². The molecule has 3 rings (SSSR count). The van der Waals surface area contributed by atoms with Gasteiger partial charge in [-0.05, 0) is 52.4 Å².